The molecule has 0 saturated carbocycles. The first kappa shape index (κ1) is 13.5. The Kier molecular flexibility index (Phi) is 3.12. The van der Waals surface area contributed by atoms with Gasteiger partial charge in [-0.1, -0.05) is 0 Å². The molecule has 0 amide bonds. The van der Waals surface area contributed by atoms with Crippen LogP contribution in [0.25, 0.3) is 0 Å². The molecule has 0 saturated heterocycles. The van der Waals surface area contributed by atoms with Crippen molar-refractivity contribution in [3.05, 3.63) is 53.1 Å². The summed E-state index contributed by atoms with van der Waals surface area (Å²) in [6.45, 7) is 0.00972. The van der Waals surface area contributed by atoms with Gasteiger partial charge >= 0.3 is 0 Å². The van der Waals surface area contributed by atoms with Crippen LogP contribution in [-0.4, -0.2) is 11.7 Å². The van der Waals surface area contributed by atoms with Crippen LogP contribution in [0.1, 0.15) is 11.6 Å². The molecule has 0 fully saturated rings. The minimum atomic E-state index is -1.50. The monoisotopic (exact) mass is 299 g/mol. The van der Waals surface area contributed by atoms with Crippen molar-refractivity contribution < 1.29 is 27.4 Å². The van der Waals surface area contributed by atoms with Crippen molar-refractivity contribution in [3.8, 4) is 11.5 Å². The van der Waals surface area contributed by atoms with Crippen LogP contribution in [0.5, 0.6) is 11.5 Å². The molecule has 1 aliphatic heterocycles. The number of hydrogen-bond donors (Lipinski definition) is 2. The summed E-state index contributed by atoms with van der Waals surface area (Å²) >= 11 is 0. The summed E-state index contributed by atoms with van der Waals surface area (Å²) in [5.74, 6) is -5.65. The number of halogens is 4. The molecule has 1 aliphatic rings. The summed E-state index contributed by atoms with van der Waals surface area (Å²) in [4.78, 5) is 0. The zero-order chi connectivity index (χ0) is 15.1. The predicted molar refractivity (Wildman–Crippen MR) is 66.2 cm³/mol. The Hall–Kier alpha value is -2.44. The van der Waals surface area contributed by atoms with Crippen LogP contribution in [0.4, 0.5) is 23.2 Å². The van der Waals surface area contributed by atoms with E-state index >= 15 is 0 Å². The Morgan fingerprint density at radius 3 is 2.38 bits per heavy atom. The zero-order valence-corrected chi connectivity index (χ0v) is 10.5. The highest BCUT2D eigenvalue weighted by Gasteiger charge is 2.28. The van der Waals surface area contributed by atoms with E-state index in [9.17, 15) is 22.7 Å². The quantitative estimate of drug-likeness (QED) is 0.659. The fraction of sp³-hybridized carbons (Fsp3) is 0.143. The molecule has 0 radical (unpaired) electrons. The molecule has 0 aromatic heterocycles. The molecule has 2 N–H and O–H groups in total. The molecule has 7 heteroatoms. The van der Waals surface area contributed by atoms with E-state index in [1.54, 1.807) is 0 Å². The molecule has 2 aromatic carbocycles. The molecule has 21 heavy (non-hydrogen) atoms. The Balaban J connectivity index is 1.97. The van der Waals surface area contributed by atoms with Crippen LogP contribution in [0, 0.1) is 23.3 Å². The highest BCUT2D eigenvalue weighted by Crippen LogP contribution is 2.38. The van der Waals surface area contributed by atoms with E-state index in [1.165, 1.54) is 18.2 Å². The van der Waals surface area contributed by atoms with Crippen molar-refractivity contribution in [2.45, 2.75) is 6.04 Å². The van der Waals surface area contributed by atoms with Crippen molar-refractivity contribution in [1.29, 1.82) is 0 Å². The number of anilines is 1. The molecule has 110 valence electrons. The van der Waals surface area contributed by atoms with Gasteiger partial charge in [0.1, 0.15) is 23.8 Å². The van der Waals surface area contributed by atoms with Gasteiger partial charge in [-0.25, -0.2) is 17.6 Å². The number of phenolic OH excluding ortho intramolecular Hbond substituents is 1. The molecular formula is C14H9F4NO2. The second kappa shape index (κ2) is 4.83. The molecule has 3 rings (SSSR count). The summed E-state index contributed by atoms with van der Waals surface area (Å²) in [6.07, 6.45) is 0. The Morgan fingerprint density at radius 2 is 1.71 bits per heavy atom. The second-order valence-electron chi connectivity index (χ2n) is 4.57. The SMILES string of the molecule is Oc1ccc2c(c1)OCC2Nc1c(F)c(F)cc(F)c1F. The number of benzene rings is 2. The minimum absolute atomic E-state index is 0.00972. The van der Waals surface area contributed by atoms with Gasteiger partial charge in [-0.2, -0.15) is 0 Å². The smallest absolute Gasteiger partial charge is 0.185 e. The lowest BCUT2D eigenvalue weighted by atomic mass is 10.1. The first-order valence-corrected chi connectivity index (χ1v) is 6.02. The van der Waals surface area contributed by atoms with Crippen LogP contribution in [0.15, 0.2) is 24.3 Å². The molecule has 3 nitrogen and oxygen atoms in total. The molecule has 0 aliphatic carbocycles. The lowest BCUT2D eigenvalue weighted by Gasteiger charge is -2.15. The lowest BCUT2D eigenvalue weighted by Crippen LogP contribution is -2.15. The maximum Gasteiger partial charge on any atom is 0.185 e. The number of aromatic hydroxyl groups is 1. The van der Waals surface area contributed by atoms with Gasteiger partial charge in [-0.15, -0.1) is 0 Å². The van der Waals surface area contributed by atoms with Crippen LogP contribution < -0.4 is 10.1 Å². The van der Waals surface area contributed by atoms with Gasteiger partial charge in [0.05, 0.1) is 6.04 Å². The van der Waals surface area contributed by atoms with Gasteiger partial charge in [0.15, 0.2) is 23.3 Å². The number of rotatable bonds is 2. The molecule has 2 aromatic rings. The van der Waals surface area contributed by atoms with Crippen molar-refractivity contribution in [2.75, 3.05) is 11.9 Å². The summed E-state index contributed by atoms with van der Waals surface area (Å²) in [6, 6.07) is 3.68. The second-order valence-corrected chi connectivity index (χ2v) is 4.57. The zero-order valence-electron chi connectivity index (χ0n) is 10.5. The number of fused-ring (bicyclic) bond motifs is 1. The fourth-order valence-corrected chi connectivity index (χ4v) is 2.19. The number of phenols is 1. The summed E-state index contributed by atoms with van der Waals surface area (Å²) < 4.78 is 58.8. The molecule has 1 atom stereocenters. The van der Waals surface area contributed by atoms with E-state index < -0.39 is 35.0 Å². The van der Waals surface area contributed by atoms with Gasteiger partial charge in [-0.3, -0.25) is 0 Å². The number of hydrogen-bond acceptors (Lipinski definition) is 3. The maximum absolute atomic E-state index is 13.6. The minimum Gasteiger partial charge on any atom is -0.508 e. The third-order valence-electron chi connectivity index (χ3n) is 3.21. The molecule has 0 spiro atoms. The van der Waals surface area contributed by atoms with E-state index in [1.807, 2.05) is 0 Å². The van der Waals surface area contributed by atoms with E-state index in [0.29, 0.717) is 11.3 Å². The summed E-state index contributed by atoms with van der Waals surface area (Å²) in [7, 11) is 0. The van der Waals surface area contributed by atoms with Crippen molar-refractivity contribution in [3.63, 3.8) is 0 Å². The number of nitrogens with one attached hydrogen (secondary N) is 1. The van der Waals surface area contributed by atoms with Crippen molar-refractivity contribution >= 4 is 5.69 Å². The molecule has 1 heterocycles. The van der Waals surface area contributed by atoms with E-state index in [2.05, 4.69) is 5.32 Å². The maximum atomic E-state index is 13.6. The highest BCUT2D eigenvalue weighted by molar-refractivity contribution is 5.53. The Labute approximate surface area is 116 Å². The summed E-state index contributed by atoms with van der Waals surface area (Å²) in [5, 5.41) is 11.7. The van der Waals surface area contributed by atoms with Crippen LogP contribution in [-0.2, 0) is 0 Å². The van der Waals surface area contributed by atoms with Gasteiger partial charge < -0.3 is 15.2 Å². The van der Waals surface area contributed by atoms with Gasteiger partial charge in [0.25, 0.3) is 0 Å². The van der Waals surface area contributed by atoms with Crippen LogP contribution >= 0.6 is 0 Å². The van der Waals surface area contributed by atoms with E-state index in [-0.39, 0.29) is 18.4 Å². The van der Waals surface area contributed by atoms with Crippen molar-refractivity contribution in [1.82, 2.24) is 0 Å². The molecular weight excluding hydrogens is 290 g/mol. The first-order valence-electron chi connectivity index (χ1n) is 6.02. The first-order chi connectivity index (χ1) is 9.97. The molecule has 1 unspecified atom stereocenters. The predicted octanol–water partition coefficient (Wildman–Crippen LogP) is 3.49. The third kappa shape index (κ3) is 2.24. The lowest BCUT2D eigenvalue weighted by molar-refractivity contribution is 0.337. The van der Waals surface area contributed by atoms with Crippen LogP contribution in [0.2, 0.25) is 0 Å². The van der Waals surface area contributed by atoms with E-state index in [0.717, 1.165) is 0 Å². The van der Waals surface area contributed by atoms with E-state index in [4.69, 9.17) is 4.74 Å². The topological polar surface area (TPSA) is 41.5 Å². The Bertz CT molecular complexity index is 694. The average Bonchev–Trinajstić information content (AvgIpc) is 2.83. The fourth-order valence-electron chi connectivity index (χ4n) is 2.19. The third-order valence-corrected chi connectivity index (χ3v) is 3.21. The number of ether oxygens (including phenoxy) is 1. The van der Waals surface area contributed by atoms with Crippen LogP contribution in [0.3, 0.4) is 0 Å². The standard InChI is InChI=1S/C14H9F4NO2/c15-8-4-9(16)13(18)14(12(8)17)19-10-5-21-11-3-6(20)1-2-7(10)11/h1-4,10,19-20H,5H2. The van der Waals surface area contributed by atoms with Gasteiger partial charge in [-0.05, 0) is 12.1 Å². The largest absolute Gasteiger partial charge is 0.508 e. The van der Waals surface area contributed by atoms with Crippen molar-refractivity contribution in [2.24, 2.45) is 0 Å². The molecule has 0 bridgehead atoms. The Morgan fingerprint density at radius 1 is 1.05 bits per heavy atom. The normalized spacial score (nSPS) is 16.5. The summed E-state index contributed by atoms with van der Waals surface area (Å²) in [5.41, 5.74) is -0.363. The highest BCUT2D eigenvalue weighted by atomic mass is 19.2. The average molecular weight is 299 g/mol. The van der Waals surface area contributed by atoms with Gasteiger partial charge in [0, 0.05) is 17.7 Å². The van der Waals surface area contributed by atoms with Gasteiger partial charge in [0.2, 0.25) is 0 Å².